The number of halogens is 1. The summed E-state index contributed by atoms with van der Waals surface area (Å²) in [5, 5.41) is 3.54. The highest BCUT2D eigenvalue weighted by atomic mass is 35.5. The van der Waals surface area contributed by atoms with E-state index >= 15 is 0 Å². The van der Waals surface area contributed by atoms with Gasteiger partial charge in [-0.15, -0.1) is 0 Å². The number of nitrogens with one attached hydrogen (secondary N) is 1. The van der Waals surface area contributed by atoms with E-state index in [1.807, 2.05) is 42.5 Å². The number of anilines is 1. The number of carbonyl (C=O) groups excluding carboxylic acids is 1. The van der Waals surface area contributed by atoms with Crippen LogP contribution < -0.4 is 14.8 Å². The lowest BCUT2D eigenvalue weighted by Crippen LogP contribution is -2.33. The van der Waals surface area contributed by atoms with Crippen molar-refractivity contribution in [1.29, 1.82) is 0 Å². The Labute approximate surface area is 180 Å². The molecule has 0 radical (unpaired) electrons. The van der Waals surface area contributed by atoms with Crippen molar-refractivity contribution in [3.63, 3.8) is 0 Å². The number of rotatable bonds is 6. The summed E-state index contributed by atoms with van der Waals surface area (Å²) in [4.78, 5) is 18.2. The Kier molecular flexibility index (Phi) is 6.35. The smallest absolute Gasteiger partial charge is 0.321 e. The second-order valence-electron chi connectivity index (χ2n) is 7.11. The summed E-state index contributed by atoms with van der Waals surface area (Å²) in [7, 11) is 0. The molecule has 4 rings (SSSR count). The molecule has 1 unspecified atom stereocenters. The Morgan fingerprint density at radius 1 is 1.10 bits per heavy atom. The first-order valence-corrected chi connectivity index (χ1v) is 10.2. The topological polar surface area (TPSA) is 63.7 Å². The first-order chi connectivity index (χ1) is 14.7. The van der Waals surface area contributed by atoms with Crippen LogP contribution in [0.5, 0.6) is 17.2 Å². The maximum atomic E-state index is 12.4. The molecule has 0 bridgehead atoms. The molecule has 3 aromatic rings. The average Bonchev–Trinajstić information content (AvgIpc) is 3.24. The molecule has 0 saturated carbocycles. The summed E-state index contributed by atoms with van der Waals surface area (Å²) in [6, 6.07) is 18.2. The number of pyridine rings is 1. The summed E-state index contributed by atoms with van der Waals surface area (Å²) in [5.41, 5.74) is 0.694. The van der Waals surface area contributed by atoms with Crippen molar-refractivity contribution in [2.24, 2.45) is 5.92 Å². The number of benzene rings is 2. The Morgan fingerprint density at radius 3 is 2.73 bits per heavy atom. The number of nitrogens with zero attached hydrogens (tertiary/aromatic N) is 2. The molecule has 1 aliphatic rings. The fraction of sp³-hybridized carbons (Fsp3) is 0.217. The van der Waals surface area contributed by atoms with Crippen LogP contribution in [0.3, 0.4) is 0 Å². The van der Waals surface area contributed by atoms with Gasteiger partial charge in [0, 0.05) is 36.3 Å². The average molecular weight is 424 g/mol. The van der Waals surface area contributed by atoms with Crippen LogP contribution in [0.2, 0.25) is 5.02 Å². The molecule has 2 aromatic carbocycles. The van der Waals surface area contributed by atoms with E-state index in [2.05, 4.69) is 10.3 Å². The van der Waals surface area contributed by atoms with Crippen LogP contribution in [0, 0.1) is 5.92 Å². The van der Waals surface area contributed by atoms with Gasteiger partial charge in [-0.05, 0) is 55.0 Å². The Balaban J connectivity index is 1.27. The maximum absolute atomic E-state index is 12.4. The van der Waals surface area contributed by atoms with Crippen LogP contribution in [0.15, 0.2) is 73.1 Å². The molecule has 30 heavy (non-hydrogen) atoms. The van der Waals surface area contributed by atoms with Crippen molar-refractivity contribution in [2.45, 2.75) is 6.42 Å². The highest BCUT2D eigenvalue weighted by molar-refractivity contribution is 6.30. The van der Waals surface area contributed by atoms with Crippen LogP contribution >= 0.6 is 11.6 Å². The lowest BCUT2D eigenvalue weighted by atomic mass is 10.1. The summed E-state index contributed by atoms with van der Waals surface area (Å²) in [5.74, 6) is 2.42. The van der Waals surface area contributed by atoms with Gasteiger partial charge in [0.25, 0.3) is 0 Å². The molecule has 1 saturated heterocycles. The van der Waals surface area contributed by atoms with Crippen molar-refractivity contribution in [2.75, 3.05) is 25.0 Å². The summed E-state index contributed by atoms with van der Waals surface area (Å²) < 4.78 is 11.8. The Bertz CT molecular complexity index is 982. The number of hydrogen-bond acceptors (Lipinski definition) is 4. The molecule has 2 heterocycles. The zero-order valence-electron chi connectivity index (χ0n) is 16.3. The number of likely N-dealkylation sites (tertiary alicyclic amines) is 1. The molecule has 1 aliphatic heterocycles. The molecule has 0 aliphatic carbocycles. The fourth-order valence-corrected chi connectivity index (χ4v) is 3.40. The third-order valence-electron chi connectivity index (χ3n) is 4.83. The molecule has 1 N–H and O–H groups in total. The molecule has 1 fully saturated rings. The minimum absolute atomic E-state index is 0.108. The summed E-state index contributed by atoms with van der Waals surface area (Å²) >= 11 is 5.91. The fourth-order valence-electron chi connectivity index (χ4n) is 3.27. The molecular weight excluding hydrogens is 402 g/mol. The van der Waals surface area contributed by atoms with Gasteiger partial charge in [0.15, 0.2) is 0 Å². The van der Waals surface area contributed by atoms with Crippen LogP contribution in [-0.2, 0) is 0 Å². The van der Waals surface area contributed by atoms with Gasteiger partial charge in [-0.3, -0.25) is 4.98 Å². The number of hydrogen-bond donors (Lipinski definition) is 1. The molecule has 7 heteroatoms. The monoisotopic (exact) mass is 423 g/mol. The molecule has 0 spiro atoms. The van der Waals surface area contributed by atoms with Crippen molar-refractivity contribution in [3.05, 3.63) is 78.1 Å². The molecule has 154 valence electrons. The normalized spacial score (nSPS) is 15.6. The van der Waals surface area contributed by atoms with Crippen LogP contribution in [0.25, 0.3) is 0 Å². The van der Waals surface area contributed by atoms with Gasteiger partial charge in [0.1, 0.15) is 17.2 Å². The van der Waals surface area contributed by atoms with E-state index in [1.54, 1.807) is 35.5 Å². The highest BCUT2D eigenvalue weighted by Crippen LogP contribution is 2.27. The first-order valence-electron chi connectivity index (χ1n) is 9.78. The van der Waals surface area contributed by atoms with Gasteiger partial charge >= 0.3 is 6.03 Å². The van der Waals surface area contributed by atoms with Crippen LogP contribution in [0.4, 0.5) is 10.5 Å². The Hall–Kier alpha value is -3.25. The van der Waals surface area contributed by atoms with Gasteiger partial charge in [-0.2, -0.15) is 0 Å². The molecule has 1 atom stereocenters. The number of ether oxygens (including phenoxy) is 2. The second kappa shape index (κ2) is 9.50. The van der Waals surface area contributed by atoms with E-state index in [0.29, 0.717) is 41.9 Å². The number of amides is 2. The molecular formula is C23H22ClN3O3. The summed E-state index contributed by atoms with van der Waals surface area (Å²) in [6.07, 6.45) is 4.21. The first kappa shape index (κ1) is 20.0. The van der Waals surface area contributed by atoms with Crippen LogP contribution in [0.1, 0.15) is 6.42 Å². The quantitative estimate of drug-likeness (QED) is 0.571. The van der Waals surface area contributed by atoms with Crippen LogP contribution in [-0.4, -0.2) is 35.6 Å². The van der Waals surface area contributed by atoms with Gasteiger partial charge in [0.05, 0.1) is 18.5 Å². The number of aromatic nitrogens is 1. The van der Waals surface area contributed by atoms with E-state index in [4.69, 9.17) is 21.1 Å². The van der Waals surface area contributed by atoms with Crippen molar-refractivity contribution in [1.82, 2.24) is 9.88 Å². The molecule has 6 nitrogen and oxygen atoms in total. The number of carbonyl (C=O) groups is 1. The van der Waals surface area contributed by atoms with E-state index < -0.39 is 0 Å². The van der Waals surface area contributed by atoms with E-state index in [9.17, 15) is 4.79 Å². The third kappa shape index (κ3) is 5.42. The zero-order chi connectivity index (χ0) is 20.8. The SMILES string of the molecule is O=C(Nc1cccnc1)N1CCC(COc2cccc(Oc3ccc(Cl)cc3)c2)C1. The zero-order valence-corrected chi connectivity index (χ0v) is 17.1. The minimum atomic E-state index is -0.108. The van der Waals surface area contributed by atoms with Gasteiger partial charge in [-0.25, -0.2) is 4.79 Å². The van der Waals surface area contributed by atoms with Gasteiger partial charge in [0.2, 0.25) is 0 Å². The maximum Gasteiger partial charge on any atom is 0.321 e. The van der Waals surface area contributed by atoms with Gasteiger partial charge < -0.3 is 19.7 Å². The second-order valence-corrected chi connectivity index (χ2v) is 7.55. The number of urea groups is 1. The largest absolute Gasteiger partial charge is 0.493 e. The molecule has 1 aromatic heterocycles. The van der Waals surface area contributed by atoms with E-state index in [0.717, 1.165) is 12.2 Å². The minimum Gasteiger partial charge on any atom is -0.493 e. The summed E-state index contributed by atoms with van der Waals surface area (Å²) in [6.45, 7) is 1.91. The lowest BCUT2D eigenvalue weighted by Gasteiger charge is -2.17. The lowest BCUT2D eigenvalue weighted by molar-refractivity contribution is 0.214. The highest BCUT2D eigenvalue weighted by Gasteiger charge is 2.26. The van der Waals surface area contributed by atoms with Crippen molar-refractivity contribution < 1.29 is 14.3 Å². The van der Waals surface area contributed by atoms with Crippen molar-refractivity contribution >= 4 is 23.3 Å². The Morgan fingerprint density at radius 2 is 1.93 bits per heavy atom. The predicted molar refractivity (Wildman–Crippen MR) is 116 cm³/mol. The third-order valence-corrected chi connectivity index (χ3v) is 5.08. The van der Waals surface area contributed by atoms with Gasteiger partial charge in [-0.1, -0.05) is 17.7 Å². The molecule has 2 amide bonds. The van der Waals surface area contributed by atoms with E-state index in [-0.39, 0.29) is 11.9 Å². The van der Waals surface area contributed by atoms with E-state index in [1.165, 1.54) is 0 Å². The predicted octanol–water partition coefficient (Wildman–Crippen LogP) is 5.46. The standard InChI is InChI=1S/C23H22ClN3O3/c24-18-6-8-20(9-7-18)30-22-5-1-4-21(13-22)29-16-17-10-12-27(15-17)23(28)26-19-3-2-11-25-14-19/h1-9,11,13-14,17H,10,12,15-16H2,(H,26,28). The van der Waals surface area contributed by atoms with Crippen molar-refractivity contribution in [3.8, 4) is 17.2 Å².